The van der Waals surface area contributed by atoms with Gasteiger partial charge in [-0.15, -0.1) is 6.42 Å². The monoisotopic (exact) mass is 321 g/mol. The number of pyridine rings is 1. The first kappa shape index (κ1) is 17.0. The number of hydrogen-bond donors (Lipinski definition) is 3. The van der Waals surface area contributed by atoms with Crippen LogP contribution in [-0.4, -0.2) is 29.9 Å². The Kier molecular flexibility index (Phi) is 6.35. The van der Waals surface area contributed by atoms with Crippen molar-refractivity contribution in [2.75, 3.05) is 18.4 Å². The number of terminal acetylenes is 1. The van der Waals surface area contributed by atoms with Gasteiger partial charge in [-0.05, 0) is 30.3 Å². The molecule has 4 N–H and O–H groups in total. The van der Waals surface area contributed by atoms with Crippen LogP contribution in [0.3, 0.4) is 0 Å². The van der Waals surface area contributed by atoms with E-state index in [9.17, 15) is 4.79 Å². The highest BCUT2D eigenvalue weighted by Gasteiger charge is 2.02. The van der Waals surface area contributed by atoms with E-state index in [1.54, 1.807) is 30.5 Å². The van der Waals surface area contributed by atoms with Crippen molar-refractivity contribution >= 4 is 17.6 Å². The van der Waals surface area contributed by atoms with Crippen LogP contribution in [0.1, 0.15) is 11.3 Å². The number of rotatable bonds is 6. The quantitative estimate of drug-likeness (QED) is 0.423. The second-order valence-electron chi connectivity index (χ2n) is 4.97. The largest absolute Gasteiger partial charge is 0.370 e. The SMILES string of the molecule is C#Cc1cccc(NC(=O)CN=C(N)NCCc2ccccn2)c1. The molecule has 0 atom stereocenters. The van der Waals surface area contributed by atoms with Gasteiger partial charge in [0.25, 0.3) is 0 Å². The number of carbonyl (C=O) groups is 1. The molecule has 0 aliphatic rings. The molecule has 24 heavy (non-hydrogen) atoms. The van der Waals surface area contributed by atoms with Gasteiger partial charge in [0.1, 0.15) is 6.54 Å². The summed E-state index contributed by atoms with van der Waals surface area (Å²) in [5, 5.41) is 5.67. The lowest BCUT2D eigenvalue weighted by Gasteiger charge is -2.06. The van der Waals surface area contributed by atoms with Crippen LogP contribution in [0.15, 0.2) is 53.7 Å². The average Bonchev–Trinajstić information content (AvgIpc) is 2.61. The number of anilines is 1. The lowest BCUT2D eigenvalue weighted by Crippen LogP contribution is -2.34. The highest BCUT2D eigenvalue weighted by atomic mass is 16.1. The molecule has 2 aromatic rings. The first-order valence-electron chi connectivity index (χ1n) is 7.47. The van der Waals surface area contributed by atoms with Crippen molar-refractivity contribution in [1.82, 2.24) is 10.3 Å². The van der Waals surface area contributed by atoms with Gasteiger partial charge in [0.05, 0.1) is 0 Å². The van der Waals surface area contributed by atoms with Gasteiger partial charge in [-0.1, -0.05) is 18.1 Å². The Bertz CT molecular complexity index is 750. The second kappa shape index (κ2) is 8.96. The second-order valence-corrected chi connectivity index (χ2v) is 4.97. The summed E-state index contributed by atoms with van der Waals surface area (Å²) >= 11 is 0. The molecule has 0 fully saturated rings. The Hall–Kier alpha value is -3.33. The highest BCUT2D eigenvalue weighted by Crippen LogP contribution is 2.09. The number of nitrogens with two attached hydrogens (primary N) is 1. The topological polar surface area (TPSA) is 92.4 Å². The van der Waals surface area contributed by atoms with Crippen molar-refractivity contribution in [2.24, 2.45) is 10.7 Å². The van der Waals surface area contributed by atoms with E-state index in [2.05, 4.69) is 26.5 Å². The molecule has 6 heteroatoms. The molecule has 0 unspecified atom stereocenters. The van der Waals surface area contributed by atoms with Crippen LogP contribution in [0.4, 0.5) is 5.69 Å². The summed E-state index contributed by atoms with van der Waals surface area (Å²) in [7, 11) is 0. The number of amides is 1. The van der Waals surface area contributed by atoms with Crippen LogP contribution in [0.25, 0.3) is 0 Å². The Morgan fingerprint density at radius 2 is 2.17 bits per heavy atom. The summed E-state index contributed by atoms with van der Waals surface area (Å²) in [5.74, 6) is 2.47. The van der Waals surface area contributed by atoms with Crippen LogP contribution in [-0.2, 0) is 11.2 Å². The zero-order valence-electron chi connectivity index (χ0n) is 13.2. The summed E-state index contributed by atoms with van der Waals surface area (Å²) in [5.41, 5.74) is 8.03. The van der Waals surface area contributed by atoms with Crippen molar-refractivity contribution in [2.45, 2.75) is 6.42 Å². The van der Waals surface area contributed by atoms with Crippen LogP contribution in [0.2, 0.25) is 0 Å². The molecule has 1 aromatic heterocycles. The fourth-order valence-electron chi connectivity index (χ4n) is 1.96. The molecule has 1 heterocycles. The number of carbonyl (C=O) groups excluding carboxylic acids is 1. The maximum atomic E-state index is 11.8. The van der Waals surface area contributed by atoms with Gasteiger partial charge >= 0.3 is 0 Å². The van der Waals surface area contributed by atoms with Crippen LogP contribution >= 0.6 is 0 Å². The predicted octanol–water partition coefficient (Wildman–Crippen LogP) is 1.15. The van der Waals surface area contributed by atoms with Gasteiger partial charge in [-0.3, -0.25) is 9.78 Å². The Labute approximate surface area is 141 Å². The molecule has 122 valence electrons. The highest BCUT2D eigenvalue weighted by molar-refractivity contribution is 5.94. The number of hydrogen-bond acceptors (Lipinski definition) is 3. The van der Waals surface area contributed by atoms with Crippen LogP contribution in [0, 0.1) is 12.3 Å². The normalized spacial score (nSPS) is 10.7. The van der Waals surface area contributed by atoms with Crippen molar-refractivity contribution in [3.8, 4) is 12.3 Å². The van der Waals surface area contributed by atoms with E-state index in [1.807, 2.05) is 18.2 Å². The standard InChI is InChI=1S/C18H19N5O/c1-2-14-6-5-8-16(12-14)23-17(24)13-22-18(19)21-11-9-15-7-3-4-10-20-15/h1,3-8,10,12H,9,11,13H2,(H,23,24)(H3,19,21,22). The Balaban J connectivity index is 1.75. The summed E-state index contributed by atoms with van der Waals surface area (Å²) in [6.45, 7) is 0.529. The molecule has 1 aromatic carbocycles. The average molecular weight is 321 g/mol. The molecule has 0 spiro atoms. The third-order valence-corrected chi connectivity index (χ3v) is 3.12. The van der Waals surface area contributed by atoms with E-state index in [-0.39, 0.29) is 18.4 Å². The van der Waals surface area contributed by atoms with Gasteiger partial charge in [0, 0.05) is 36.1 Å². The molecule has 0 aliphatic heterocycles. The summed E-state index contributed by atoms with van der Waals surface area (Å²) in [4.78, 5) is 20.1. The maximum Gasteiger partial charge on any atom is 0.246 e. The molecule has 0 aliphatic carbocycles. The molecule has 6 nitrogen and oxygen atoms in total. The molecule has 1 amide bonds. The smallest absolute Gasteiger partial charge is 0.246 e. The number of aliphatic imine (C=N–C) groups is 1. The number of aromatic nitrogens is 1. The molecule has 2 rings (SSSR count). The van der Waals surface area contributed by atoms with E-state index in [0.717, 1.165) is 12.1 Å². The van der Waals surface area contributed by atoms with E-state index in [1.165, 1.54) is 0 Å². The molecule has 0 saturated heterocycles. The van der Waals surface area contributed by atoms with E-state index < -0.39 is 0 Å². The molecule has 0 bridgehead atoms. The third kappa shape index (κ3) is 5.81. The molecule has 0 saturated carbocycles. The predicted molar refractivity (Wildman–Crippen MR) is 95.4 cm³/mol. The third-order valence-electron chi connectivity index (χ3n) is 3.12. The molecule has 0 radical (unpaired) electrons. The van der Waals surface area contributed by atoms with Gasteiger partial charge in [0.15, 0.2) is 5.96 Å². The fraction of sp³-hybridized carbons (Fsp3) is 0.167. The summed E-state index contributed by atoms with van der Waals surface area (Å²) in [6.07, 6.45) is 7.79. The minimum Gasteiger partial charge on any atom is -0.370 e. The first-order chi connectivity index (χ1) is 11.7. The van der Waals surface area contributed by atoms with Gasteiger partial charge < -0.3 is 16.4 Å². The minimum absolute atomic E-state index is 0.0668. The first-order valence-corrected chi connectivity index (χ1v) is 7.47. The number of guanidine groups is 1. The van der Waals surface area contributed by atoms with E-state index in [0.29, 0.717) is 17.8 Å². The van der Waals surface area contributed by atoms with E-state index >= 15 is 0 Å². The zero-order chi connectivity index (χ0) is 17.2. The van der Waals surface area contributed by atoms with Gasteiger partial charge in [0.2, 0.25) is 5.91 Å². The Morgan fingerprint density at radius 1 is 1.29 bits per heavy atom. The number of nitrogens with zero attached hydrogens (tertiary/aromatic N) is 2. The maximum absolute atomic E-state index is 11.8. The van der Waals surface area contributed by atoms with Crippen molar-refractivity contribution in [1.29, 1.82) is 0 Å². The van der Waals surface area contributed by atoms with Gasteiger partial charge in [-0.2, -0.15) is 0 Å². The van der Waals surface area contributed by atoms with Crippen molar-refractivity contribution in [3.63, 3.8) is 0 Å². The number of benzene rings is 1. The van der Waals surface area contributed by atoms with Crippen molar-refractivity contribution in [3.05, 3.63) is 59.9 Å². The van der Waals surface area contributed by atoms with Crippen molar-refractivity contribution < 1.29 is 4.79 Å². The fourth-order valence-corrected chi connectivity index (χ4v) is 1.96. The molecular weight excluding hydrogens is 302 g/mol. The summed E-state index contributed by atoms with van der Waals surface area (Å²) < 4.78 is 0. The Morgan fingerprint density at radius 3 is 2.92 bits per heavy atom. The van der Waals surface area contributed by atoms with Crippen LogP contribution < -0.4 is 16.4 Å². The van der Waals surface area contributed by atoms with E-state index in [4.69, 9.17) is 12.2 Å². The zero-order valence-corrected chi connectivity index (χ0v) is 13.2. The minimum atomic E-state index is -0.265. The lowest BCUT2D eigenvalue weighted by molar-refractivity contribution is -0.114. The summed E-state index contributed by atoms with van der Waals surface area (Å²) in [6, 6.07) is 12.8. The number of nitrogens with one attached hydrogen (secondary N) is 2. The lowest BCUT2D eigenvalue weighted by atomic mass is 10.2. The molecular formula is C18H19N5O. The van der Waals surface area contributed by atoms with Gasteiger partial charge in [-0.25, -0.2) is 4.99 Å². The van der Waals surface area contributed by atoms with Crippen LogP contribution in [0.5, 0.6) is 0 Å².